The Hall–Kier alpha value is -0.760. The van der Waals surface area contributed by atoms with Crippen molar-refractivity contribution in [1.29, 1.82) is 0 Å². The first-order valence-corrected chi connectivity index (χ1v) is 5.30. The first-order valence-electron chi connectivity index (χ1n) is 5.30. The van der Waals surface area contributed by atoms with Crippen molar-refractivity contribution in [3.8, 4) is 0 Å². The van der Waals surface area contributed by atoms with Crippen molar-refractivity contribution >= 4 is 0 Å². The molecular formula is C11H18N2. The molecule has 0 bridgehead atoms. The fraction of sp³-hybridized carbons (Fsp3) is 0.636. The fourth-order valence-electron chi connectivity index (χ4n) is 1.93. The van der Waals surface area contributed by atoms with Gasteiger partial charge >= 0.3 is 0 Å². The zero-order valence-corrected chi connectivity index (χ0v) is 8.32. The molecule has 1 aliphatic rings. The van der Waals surface area contributed by atoms with Crippen LogP contribution >= 0.6 is 0 Å². The van der Waals surface area contributed by atoms with E-state index in [0.717, 1.165) is 13.1 Å². The molecule has 0 radical (unpaired) electrons. The molecule has 0 fully saturated rings. The third-order valence-corrected chi connectivity index (χ3v) is 2.71. The first-order chi connectivity index (χ1) is 6.40. The normalized spacial score (nSPS) is 15.8. The predicted octanol–water partition coefficient (Wildman–Crippen LogP) is 2.00. The molecule has 2 N–H and O–H groups in total. The molecule has 0 amide bonds. The van der Waals surface area contributed by atoms with Crippen molar-refractivity contribution < 1.29 is 0 Å². The number of aryl methyl sites for hydroxylation is 1. The molecule has 2 heteroatoms. The van der Waals surface area contributed by atoms with Gasteiger partial charge in [0.05, 0.1) is 0 Å². The maximum atomic E-state index is 3.53. The summed E-state index contributed by atoms with van der Waals surface area (Å²) in [5.41, 5.74) is 4.37. The monoisotopic (exact) mass is 178 g/mol. The number of nitrogens with one attached hydrogen (secondary N) is 2. The third-order valence-electron chi connectivity index (χ3n) is 2.71. The van der Waals surface area contributed by atoms with Gasteiger partial charge in [-0.2, -0.15) is 0 Å². The van der Waals surface area contributed by atoms with E-state index in [1.165, 1.54) is 42.6 Å². The highest BCUT2D eigenvalue weighted by Gasteiger charge is 2.11. The SMILES string of the molecule is CCCCc1cc2c([nH]1)CCNC2. The summed E-state index contributed by atoms with van der Waals surface area (Å²) in [6, 6.07) is 2.33. The van der Waals surface area contributed by atoms with Gasteiger partial charge in [0.1, 0.15) is 0 Å². The zero-order valence-electron chi connectivity index (χ0n) is 8.32. The van der Waals surface area contributed by atoms with Crippen LogP contribution in [0.15, 0.2) is 6.07 Å². The quantitative estimate of drug-likeness (QED) is 0.728. The molecule has 72 valence electrons. The maximum Gasteiger partial charge on any atom is 0.0223 e. The van der Waals surface area contributed by atoms with Crippen LogP contribution < -0.4 is 5.32 Å². The Morgan fingerprint density at radius 1 is 1.46 bits per heavy atom. The average molecular weight is 178 g/mol. The van der Waals surface area contributed by atoms with Gasteiger partial charge in [-0.05, 0) is 24.5 Å². The number of rotatable bonds is 3. The van der Waals surface area contributed by atoms with Crippen molar-refractivity contribution in [1.82, 2.24) is 10.3 Å². The Labute approximate surface area is 79.7 Å². The van der Waals surface area contributed by atoms with Gasteiger partial charge in [0.15, 0.2) is 0 Å². The van der Waals surface area contributed by atoms with Crippen molar-refractivity contribution in [2.24, 2.45) is 0 Å². The van der Waals surface area contributed by atoms with Gasteiger partial charge in [0, 0.05) is 30.9 Å². The summed E-state index contributed by atoms with van der Waals surface area (Å²) in [6.45, 7) is 4.42. The van der Waals surface area contributed by atoms with E-state index in [1.807, 2.05) is 0 Å². The summed E-state index contributed by atoms with van der Waals surface area (Å²) < 4.78 is 0. The number of hydrogen-bond donors (Lipinski definition) is 2. The molecule has 0 unspecified atom stereocenters. The van der Waals surface area contributed by atoms with Crippen molar-refractivity contribution in [3.05, 3.63) is 23.0 Å². The van der Waals surface area contributed by atoms with Gasteiger partial charge < -0.3 is 10.3 Å². The van der Waals surface area contributed by atoms with Crippen LogP contribution in [-0.2, 0) is 19.4 Å². The van der Waals surface area contributed by atoms with E-state index in [4.69, 9.17) is 0 Å². The Morgan fingerprint density at radius 3 is 3.15 bits per heavy atom. The van der Waals surface area contributed by atoms with Crippen molar-refractivity contribution in [2.75, 3.05) is 6.54 Å². The zero-order chi connectivity index (χ0) is 9.10. The van der Waals surface area contributed by atoms with E-state index < -0.39 is 0 Å². The molecule has 1 aromatic heterocycles. The molecule has 0 atom stereocenters. The largest absolute Gasteiger partial charge is 0.362 e. The standard InChI is InChI=1S/C11H18N2/c1-2-3-4-10-7-9-8-12-6-5-11(9)13-10/h7,12-13H,2-6,8H2,1H3. The molecule has 1 aromatic rings. The van der Waals surface area contributed by atoms with E-state index in [9.17, 15) is 0 Å². The molecule has 0 aromatic carbocycles. The third kappa shape index (κ3) is 1.94. The van der Waals surface area contributed by atoms with Crippen LogP contribution in [0.2, 0.25) is 0 Å². The van der Waals surface area contributed by atoms with Crippen molar-refractivity contribution in [2.45, 2.75) is 39.2 Å². The second kappa shape index (κ2) is 3.97. The Balaban J connectivity index is 2.07. The number of H-pyrrole nitrogens is 1. The maximum absolute atomic E-state index is 3.53. The molecule has 0 saturated heterocycles. The van der Waals surface area contributed by atoms with E-state index in [1.54, 1.807) is 0 Å². The smallest absolute Gasteiger partial charge is 0.0223 e. The van der Waals surface area contributed by atoms with Gasteiger partial charge in [0.25, 0.3) is 0 Å². The van der Waals surface area contributed by atoms with E-state index in [0.29, 0.717) is 0 Å². The van der Waals surface area contributed by atoms with Crippen LogP contribution in [0.4, 0.5) is 0 Å². The fourth-order valence-corrected chi connectivity index (χ4v) is 1.93. The van der Waals surface area contributed by atoms with Gasteiger partial charge in [0.2, 0.25) is 0 Å². The minimum Gasteiger partial charge on any atom is -0.362 e. The molecule has 13 heavy (non-hydrogen) atoms. The Morgan fingerprint density at radius 2 is 2.38 bits per heavy atom. The molecule has 0 spiro atoms. The summed E-state index contributed by atoms with van der Waals surface area (Å²) in [7, 11) is 0. The Bertz CT molecular complexity index is 252. The highest BCUT2D eigenvalue weighted by molar-refractivity contribution is 5.28. The summed E-state index contributed by atoms with van der Waals surface area (Å²) in [4.78, 5) is 3.53. The lowest BCUT2D eigenvalue weighted by atomic mass is 10.1. The average Bonchev–Trinajstić information content (AvgIpc) is 2.57. The van der Waals surface area contributed by atoms with Crippen molar-refractivity contribution in [3.63, 3.8) is 0 Å². The number of aromatic amines is 1. The topological polar surface area (TPSA) is 27.8 Å². The van der Waals surface area contributed by atoms with Crippen LogP contribution in [0.1, 0.15) is 36.7 Å². The predicted molar refractivity (Wildman–Crippen MR) is 54.8 cm³/mol. The molecule has 2 heterocycles. The number of fused-ring (bicyclic) bond motifs is 1. The van der Waals surface area contributed by atoms with Crippen LogP contribution in [-0.4, -0.2) is 11.5 Å². The summed E-state index contributed by atoms with van der Waals surface area (Å²) in [5.74, 6) is 0. The van der Waals surface area contributed by atoms with E-state index in [-0.39, 0.29) is 0 Å². The Kier molecular flexibility index (Phi) is 2.69. The molecule has 0 saturated carbocycles. The van der Waals surface area contributed by atoms with E-state index in [2.05, 4.69) is 23.3 Å². The molecule has 2 rings (SSSR count). The highest BCUT2D eigenvalue weighted by atomic mass is 14.9. The second-order valence-electron chi connectivity index (χ2n) is 3.83. The van der Waals surface area contributed by atoms with Gasteiger partial charge in [-0.3, -0.25) is 0 Å². The molecule has 1 aliphatic heterocycles. The minimum atomic E-state index is 1.05. The van der Waals surface area contributed by atoms with Gasteiger partial charge in [-0.15, -0.1) is 0 Å². The first kappa shape index (κ1) is 8.82. The molecule has 2 nitrogen and oxygen atoms in total. The summed E-state index contributed by atoms with van der Waals surface area (Å²) >= 11 is 0. The van der Waals surface area contributed by atoms with Crippen LogP contribution in [0, 0.1) is 0 Å². The number of hydrogen-bond acceptors (Lipinski definition) is 1. The highest BCUT2D eigenvalue weighted by Crippen LogP contribution is 2.16. The van der Waals surface area contributed by atoms with Crippen LogP contribution in [0.5, 0.6) is 0 Å². The summed E-state index contributed by atoms with van der Waals surface area (Å²) in [6.07, 6.45) is 4.96. The van der Waals surface area contributed by atoms with Gasteiger partial charge in [-0.1, -0.05) is 13.3 Å². The lowest BCUT2D eigenvalue weighted by Gasteiger charge is -2.11. The second-order valence-corrected chi connectivity index (χ2v) is 3.83. The van der Waals surface area contributed by atoms with Crippen LogP contribution in [0.3, 0.4) is 0 Å². The molecular weight excluding hydrogens is 160 g/mol. The molecule has 0 aliphatic carbocycles. The lowest BCUT2D eigenvalue weighted by molar-refractivity contribution is 0.637. The lowest BCUT2D eigenvalue weighted by Crippen LogP contribution is -2.22. The van der Waals surface area contributed by atoms with Gasteiger partial charge in [-0.25, -0.2) is 0 Å². The van der Waals surface area contributed by atoms with Crippen LogP contribution in [0.25, 0.3) is 0 Å². The number of aromatic nitrogens is 1. The number of unbranched alkanes of at least 4 members (excludes halogenated alkanes) is 1. The van der Waals surface area contributed by atoms with E-state index >= 15 is 0 Å². The summed E-state index contributed by atoms with van der Waals surface area (Å²) in [5, 5.41) is 3.39. The minimum absolute atomic E-state index is 1.05.